The van der Waals surface area contributed by atoms with Crippen molar-refractivity contribution in [1.82, 2.24) is 5.32 Å². The molecular formula is C12H18N2O. The highest BCUT2D eigenvalue weighted by Crippen LogP contribution is 2.11. The third kappa shape index (κ3) is 4.13. The number of rotatable bonds is 7. The number of nitrogens with zero attached hydrogens (tertiary/aromatic N) is 1. The highest BCUT2D eigenvalue weighted by Gasteiger charge is 2.01. The molecule has 0 unspecified atom stereocenters. The summed E-state index contributed by atoms with van der Waals surface area (Å²) in [4.78, 5) is 12.4. The normalized spacial score (nSPS) is 9.93. The molecule has 1 rings (SSSR count). The molecule has 0 saturated carbocycles. The molecule has 0 bridgehead atoms. The van der Waals surface area contributed by atoms with Crippen LogP contribution in [0.1, 0.15) is 6.92 Å². The number of anilines is 1. The summed E-state index contributed by atoms with van der Waals surface area (Å²) in [6, 6.07) is 10.3. The van der Waals surface area contributed by atoms with Gasteiger partial charge in [0.05, 0.1) is 6.54 Å². The fraction of sp³-hybridized carbons (Fsp3) is 0.417. The van der Waals surface area contributed by atoms with Crippen molar-refractivity contribution in [2.75, 3.05) is 31.1 Å². The largest absolute Gasteiger partial charge is 0.371 e. The second kappa shape index (κ2) is 7.01. The van der Waals surface area contributed by atoms with E-state index in [2.05, 4.69) is 29.3 Å². The van der Waals surface area contributed by atoms with Gasteiger partial charge in [0.2, 0.25) is 0 Å². The zero-order valence-electron chi connectivity index (χ0n) is 9.15. The first-order chi connectivity index (χ1) is 7.38. The van der Waals surface area contributed by atoms with E-state index in [1.807, 2.05) is 18.2 Å². The average molecular weight is 206 g/mol. The van der Waals surface area contributed by atoms with Crippen molar-refractivity contribution < 1.29 is 4.79 Å². The average Bonchev–Trinajstić information content (AvgIpc) is 2.30. The van der Waals surface area contributed by atoms with E-state index in [0.717, 1.165) is 25.9 Å². The Kier molecular flexibility index (Phi) is 5.48. The van der Waals surface area contributed by atoms with Crippen LogP contribution in [0, 0.1) is 0 Å². The topological polar surface area (TPSA) is 32.3 Å². The summed E-state index contributed by atoms with van der Waals surface area (Å²) in [5, 5.41) is 3.06. The van der Waals surface area contributed by atoms with Crippen LogP contribution in [0.2, 0.25) is 0 Å². The highest BCUT2D eigenvalue weighted by molar-refractivity contribution is 5.51. The number of benzene rings is 1. The number of carbonyl (C=O) groups is 1. The van der Waals surface area contributed by atoms with Gasteiger partial charge < -0.3 is 15.0 Å². The standard InChI is InChI=1S/C12H18N2O/c1-2-14(10-8-13-9-11-15)12-6-4-3-5-7-12/h3-7,11,13H,2,8-10H2,1H3. The van der Waals surface area contributed by atoms with Gasteiger partial charge in [-0.05, 0) is 19.1 Å². The van der Waals surface area contributed by atoms with Crippen LogP contribution in [-0.2, 0) is 4.79 Å². The predicted molar refractivity (Wildman–Crippen MR) is 63.3 cm³/mol. The van der Waals surface area contributed by atoms with Crippen molar-refractivity contribution in [3.63, 3.8) is 0 Å². The Hall–Kier alpha value is -1.35. The first kappa shape index (κ1) is 11.7. The number of para-hydroxylation sites is 1. The van der Waals surface area contributed by atoms with E-state index in [1.54, 1.807) is 0 Å². The summed E-state index contributed by atoms with van der Waals surface area (Å²) in [7, 11) is 0. The molecule has 0 aliphatic rings. The highest BCUT2D eigenvalue weighted by atomic mass is 16.1. The lowest BCUT2D eigenvalue weighted by Crippen LogP contribution is -2.32. The van der Waals surface area contributed by atoms with Crippen LogP contribution in [0.4, 0.5) is 5.69 Å². The maximum atomic E-state index is 10.1. The summed E-state index contributed by atoms with van der Waals surface area (Å²) in [5.74, 6) is 0. The van der Waals surface area contributed by atoms with E-state index in [4.69, 9.17) is 0 Å². The van der Waals surface area contributed by atoms with Gasteiger partial charge in [0.15, 0.2) is 0 Å². The fourth-order valence-electron chi connectivity index (χ4n) is 1.48. The fourth-order valence-corrected chi connectivity index (χ4v) is 1.48. The number of aldehydes is 1. The monoisotopic (exact) mass is 206 g/mol. The number of nitrogens with one attached hydrogen (secondary N) is 1. The first-order valence-electron chi connectivity index (χ1n) is 5.32. The van der Waals surface area contributed by atoms with Crippen LogP contribution in [0.25, 0.3) is 0 Å². The van der Waals surface area contributed by atoms with E-state index in [0.29, 0.717) is 6.54 Å². The van der Waals surface area contributed by atoms with Gasteiger partial charge in [0.25, 0.3) is 0 Å². The van der Waals surface area contributed by atoms with Gasteiger partial charge in [0.1, 0.15) is 6.29 Å². The van der Waals surface area contributed by atoms with Gasteiger partial charge in [0, 0.05) is 25.3 Å². The van der Waals surface area contributed by atoms with Crippen molar-refractivity contribution >= 4 is 12.0 Å². The van der Waals surface area contributed by atoms with E-state index >= 15 is 0 Å². The van der Waals surface area contributed by atoms with E-state index < -0.39 is 0 Å². The molecule has 1 aromatic rings. The van der Waals surface area contributed by atoms with Gasteiger partial charge in [-0.3, -0.25) is 0 Å². The molecule has 15 heavy (non-hydrogen) atoms. The van der Waals surface area contributed by atoms with E-state index in [-0.39, 0.29) is 0 Å². The first-order valence-corrected chi connectivity index (χ1v) is 5.32. The molecule has 0 amide bonds. The van der Waals surface area contributed by atoms with Crippen LogP contribution in [0.3, 0.4) is 0 Å². The number of likely N-dealkylation sites (N-methyl/N-ethyl adjacent to an activating group) is 1. The summed E-state index contributed by atoms with van der Waals surface area (Å²) >= 11 is 0. The second-order valence-corrected chi connectivity index (χ2v) is 3.29. The van der Waals surface area contributed by atoms with Crippen LogP contribution in [0.15, 0.2) is 30.3 Å². The maximum Gasteiger partial charge on any atom is 0.133 e. The molecule has 0 heterocycles. The smallest absolute Gasteiger partial charge is 0.133 e. The molecule has 0 radical (unpaired) electrons. The lowest BCUT2D eigenvalue weighted by molar-refractivity contribution is -0.107. The summed E-state index contributed by atoms with van der Waals surface area (Å²) in [5.41, 5.74) is 1.23. The molecule has 0 saturated heterocycles. The Morgan fingerprint density at radius 2 is 2.07 bits per heavy atom. The maximum absolute atomic E-state index is 10.1. The van der Waals surface area contributed by atoms with Gasteiger partial charge in [-0.25, -0.2) is 0 Å². The molecule has 0 spiro atoms. The number of hydrogen-bond acceptors (Lipinski definition) is 3. The van der Waals surface area contributed by atoms with Gasteiger partial charge in [-0.1, -0.05) is 18.2 Å². The molecule has 82 valence electrons. The summed E-state index contributed by atoms with van der Waals surface area (Å²) in [6.07, 6.45) is 0.888. The minimum absolute atomic E-state index is 0.437. The summed E-state index contributed by atoms with van der Waals surface area (Å²) < 4.78 is 0. The van der Waals surface area contributed by atoms with Crippen LogP contribution in [-0.4, -0.2) is 32.5 Å². The molecule has 1 aromatic carbocycles. The zero-order chi connectivity index (χ0) is 10.9. The van der Waals surface area contributed by atoms with Crippen molar-refractivity contribution in [3.05, 3.63) is 30.3 Å². The van der Waals surface area contributed by atoms with Crippen molar-refractivity contribution in [3.8, 4) is 0 Å². The molecule has 0 aromatic heterocycles. The Balaban J connectivity index is 2.39. The molecular weight excluding hydrogens is 188 g/mol. The Labute approximate surface area is 91.1 Å². The van der Waals surface area contributed by atoms with Crippen LogP contribution >= 0.6 is 0 Å². The second-order valence-electron chi connectivity index (χ2n) is 3.29. The lowest BCUT2D eigenvalue weighted by atomic mass is 10.3. The zero-order valence-corrected chi connectivity index (χ0v) is 9.15. The van der Waals surface area contributed by atoms with Crippen molar-refractivity contribution in [1.29, 1.82) is 0 Å². The SMILES string of the molecule is CCN(CCNCC=O)c1ccccc1. The van der Waals surface area contributed by atoms with Gasteiger partial charge >= 0.3 is 0 Å². The molecule has 0 fully saturated rings. The molecule has 0 aliphatic heterocycles. The Morgan fingerprint density at radius 3 is 2.67 bits per heavy atom. The van der Waals surface area contributed by atoms with Gasteiger partial charge in [-0.15, -0.1) is 0 Å². The molecule has 0 atom stereocenters. The minimum atomic E-state index is 0.437. The third-order valence-electron chi connectivity index (χ3n) is 2.29. The van der Waals surface area contributed by atoms with Crippen LogP contribution < -0.4 is 10.2 Å². The Morgan fingerprint density at radius 1 is 1.33 bits per heavy atom. The van der Waals surface area contributed by atoms with Crippen molar-refractivity contribution in [2.45, 2.75) is 6.92 Å². The van der Waals surface area contributed by atoms with E-state index in [9.17, 15) is 4.79 Å². The molecule has 3 nitrogen and oxygen atoms in total. The van der Waals surface area contributed by atoms with Gasteiger partial charge in [-0.2, -0.15) is 0 Å². The number of hydrogen-bond donors (Lipinski definition) is 1. The molecule has 0 aliphatic carbocycles. The quantitative estimate of drug-likeness (QED) is 0.539. The van der Waals surface area contributed by atoms with E-state index in [1.165, 1.54) is 5.69 Å². The predicted octanol–water partition coefficient (Wildman–Crippen LogP) is 1.30. The Bertz CT molecular complexity index is 274. The third-order valence-corrected chi connectivity index (χ3v) is 2.29. The van der Waals surface area contributed by atoms with Crippen molar-refractivity contribution in [2.24, 2.45) is 0 Å². The molecule has 1 N–H and O–H groups in total. The molecule has 3 heteroatoms. The minimum Gasteiger partial charge on any atom is -0.371 e. The summed E-state index contributed by atoms with van der Waals surface area (Å²) in [6.45, 7) is 5.31. The number of carbonyl (C=O) groups excluding carboxylic acids is 1. The lowest BCUT2D eigenvalue weighted by Gasteiger charge is -2.22. The van der Waals surface area contributed by atoms with Crippen LogP contribution in [0.5, 0.6) is 0 Å².